The van der Waals surface area contributed by atoms with Crippen LogP contribution >= 0.6 is 11.3 Å². The maximum atomic E-state index is 13.1. The van der Waals surface area contributed by atoms with E-state index in [1.54, 1.807) is 41.3 Å². The van der Waals surface area contributed by atoms with Gasteiger partial charge in [-0.1, -0.05) is 23.5 Å². The number of carbonyl (C=O) groups excluding carboxylic acids is 2. The molecule has 0 aliphatic carbocycles. The van der Waals surface area contributed by atoms with Crippen molar-refractivity contribution in [1.29, 1.82) is 0 Å². The zero-order chi connectivity index (χ0) is 22.5. The Labute approximate surface area is 188 Å². The molecule has 11 heteroatoms. The van der Waals surface area contributed by atoms with E-state index in [0.717, 1.165) is 11.1 Å². The fourth-order valence-electron chi connectivity index (χ4n) is 4.04. The highest BCUT2D eigenvalue weighted by molar-refractivity contribution is 7.90. The largest absolute Gasteiger partial charge is 0.343 e. The molecule has 0 spiro atoms. The molecule has 2 amide bonds. The van der Waals surface area contributed by atoms with Crippen molar-refractivity contribution in [3.8, 4) is 0 Å². The summed E-state index contributed by atoms with van der Waals surface area (Å²) in [5.74, 6) is -0.0993. The van der Waals surface area contributed by atoms with Crippen LogP contribution in [0.5, 0.6) is 0 Å². The number of amidine groups is 1. The highest BCUT2D eigenvalue weighted by Gasteiger charge is 2.39. The molecule has 2 N–H and O–H groups in total. The summed E-state index contributed by atoms with van der Waals surface area (Å²) in [6.45, 7) is 1.98. The first-order valence-electron chi connectivity index (χ1n) is 10.0. The van der Waals surface area contributed by atoms with E-state index < -0.39 is 16.1 Å². The first kappa shape index (κ1) is 20.6. The fourth-order valence-corrected chi connectivity index (χ4v) is 6.16. The van der Waals surface area contributed by atoms with Gasteiger partial charge in [-0.05, 0) is 43.2 Å². The van der Waals surface area contributed by atoms with Gasteiger partial charge in [-0.15, -0.1) is 4.40 Å². The molecule has 1 fully saturated rings. The summed E-state index contributed by atoms with van der Waals surface area (Å²) in [6.07, 6.45) is 1.34. The van der Waals surface area contributed by atoms with E-state index in [1.165, 1.54) is 24.3 Å². The lowest BCUT2D eigenvalue weighted by Crippen LogP contribution is -2.43. The summed E-state index contributed by atoms with van der Waals surface area (Å²) in [7, 11) is -3.76. The summed E-state index contributed by atoms with van der Waals surface area (Å²) >= 11 is 1.31. The number of nitrogens with one attached hydrogen (secondary N) is 2. The van der Waals surface area contributed by atoms with Crippen molar-refractivity contribution < 1.29 is 18.0 Å². The smallest absolute Gasteiger partial charge is 0.285 e. The Bertz CT molecular complexity index is 1400. The average Bonchev–Trinajstić information content (AvgIpc) is 3.43. The lowest BCUT2D eigenvalue weighted by atomic mass is 10.1. The average molecular weight is 470 g/mol. The Hall–Kier alpha value is -3.31. The number of sulfonamides is 1. The van der Waals surface area contributed by atoms with E-state index in [0.29, 0.717) is 40.7 Å². The van der Waals surface area contributed by atoms with Gasteiger partial charge in [0, 0.05) is 24.7 Å². The van der Waals surface area contributed by atoms with Gasteiger partial charge in [0.1, 0.15) is 10.9 Å². The van der Waals surface area contributed by atoms with Crippen molar-refractivity contribution >= 4 is 60.0 Å². The summed E-state index contributed by atoms with van der Waals surface area (Å²) in [5, 5.41) is 6.04. The molecule has 5 rings (SSSR count). The first-order chi connectivity index (χ1) is 15.3. The summed E-state index contributed by atoms with van der Waals surface area (Å²) in [5.41, 5.74) is 1.90. The highest BCUT2D eigenvalue weighted by Crippen LogP contribution is 2.32. The molecule has 2 aliphatic rings. The molecule has 0 bridgehead atoms. The predicted molar refractivity (Wildman–Crippen MR) is 122 cm³/mol. The fraction of sp³-hybridized carbons (Fsp3) is 0.238. The lowest BCUT2D eigenvalue weighted by Gasteiger charge is -2.25. The van der Waals surface area contributed by atoms with E-state index in [1.807, 2.05) is 0 Å². The minimum Gasteiger partial charge on any atom is -0.343 e. The SMILES string of the molecule is CC(=O)Nc1ccc2nc(NC(=O)[C@@H]3CCCN3C3=NS(=O)(=O)c4ccccc43)sc2c1. The minimum atomic E-state index is -3.76. The van der Waals surface area contributed by atoms with Crippen LogP contribution in [0.4, 0.5) is 10.8 Å². The van der Waals surface area contributed by atoms with Gasteiger partial charge in [0.15, 0.2) is 11.0 Å². The molecule has 2 aliphatic heterocycles. The molecular weight excluding hydrogens is 450 g/mol. The van der Waals surface area contributed by atoms with Gasteiger partial charge in [0.05, 0.1) is 10.2 Å². The van der Waals surface area contributed by atoms with Gasteiger partial charge in [-0.25, -0.2) is 4.98 Å². The molecule has 1 aromatic heterocycles. The number of carbonyl (C=O) groups is 2. The molecule has 2 aromatic carbocycles. The van der Waals surface area contributed by atoms with Crippen LogP contribution in [0.25, 0.3) is 10.2 Å². The molecule has 0 radical (unpaired) electrons. The number of hydrogen-bond donors (Lipinski definition) is 2. The van der Waals surface area contributed by atoms with Crippen LogP contribution in [0, 0.1) is 0 Å². The van der Waals surface area contributed by atoms with E-state index in [-0.39, 0.29) is 16.7 Å². The maximum absolute atomic E-state index is 13.1. The van der Waals surface area contributed by atoms with Crippen LogP contribution < -0.4 is 10.6 Å². The first-order valence-corrected chi connectivity index (χ1v) is 12.3. The van der Waals surface area contributed by atoms with Crippen LogP contribution in [0.3, 0.4) is 0 Å². The van der Waals surface area contributed by atoms with Crippen LogP contribution in [-0.4, -0.2) is 48.5 Å². The number of likely N-dealkylation sites (tertiary alicyclic amines) is 1. The standard InChI is InChI=1S/C21H19N5O4S2/c1-12(27)22-13-8-9-15-17(11-13)31-21(23-15)24-20(28)16-6-4-10-26(16)19-14-5-2-3-7-18(14)32(29,30)25-19/h2-3,5,7-9,11,16H,4,6,10H2,1H3,(H,22,27)(H,23,24,28)/t16-/m0/s1. The van der Waals surface area contributed by atoms with Gasteiger partial charge < -0.3 is 15.5 Å². The van der Waals surface area contributed by atoms with E-state index in [9.17, 15) is 18.0 Å². The number of rotatable bonds is 3. The Morgan fingerprint density at radius 1 is 1.16 bits per heavy atom. The molecular formula is C21H19N5O4S2. The summed E-state index contributed by atoms with van der Waals surface area (Å²) < 4.78 is 29.7. The highest BCUT2D eigenvalue weighted by atomic mass is 32.2. The van der Waals surface area contributed by atoms with Crippen molar-refractivity contribution in [2.75, 3.05) is 17.2 Å². The van der Waals surface area contributed by atoms with Gasteiger partial charge >= 0.3 is 0 Å². The van der Waals surface area contributed by atoms with Gasteiger partial charge in [-0.3, -0.25) is 9.59 Å². The molecule has 3 heterocycles. The zero-order valence-corrected chi connectivity index (χ0v) is 18.7. The molecule has 9 nitrogen and oxygen atoms in total. The number of amides is 2. The van der Waals surface area contributed by atoms with Crippen LogP contribution in [0.2, 0.25) is 0 Å². The van der Waals surface area contributed by atoms with Crippen molar-refractivity contribution in [2.24, 2.45) is 4.40 Å². The number of anilines is 2. The van der Waals surface area contributed by atoms with Crippen molar-refractivity contribution in [3.05, 3.63) is 48.0 Å². The third-order valence-electron chi connectivity index (χ3n) is 5.38. The van der Waals surface area contributed by atoms with E-state index in [4.69, 9.17) is 0 Å². The molecule has 1 saturated heterocycles. The number of aromatic nitrogens is 1. The number of nitrogens with zero attached hydrogens (tertiary/aromatic N) is 3. The van der Waals surface area contributed by atoms with Crippen LogP contribution in [-0.2, 0) is 19.6 Å². The third kappa shape index (κ3) is 3.63. The number of benzene rings is 2. The molecule has 32 heavy (non-hydrogen) atoms. The van der Waals surface area contributed by atoms with Crippen LogP contribution in [0.1, 0.15) is 25.3 Å². The molecule has 0 saturated carbocycles. The van der Waals surface area contributed by atoms with Gasteiger partial charge in [-0.2, -0.15) is 8.42 Å². The van der Waals surface area contributed by atoms with Crippen LogP contribution in [0.15, 0.2) is 51.8 Å². The topological polar surface area (TPSA) is 121 Å². The summed E-state index contributed by atoms with van der Waals surface area (Å²) in [6, 6.07) is 11.5. The number of thiazole rings is 1. The Morgan fingerprint density at radius 3 is 2.78 bits per heavy atom. The summed E-state index contributed by atoms with van der Waals surface area (Å²) in [4.78, 5) is 30.8. The van der Waals surface area contributed by atoms with E-state index >= 15 is 0 Å². The second-order valence-corrected chi connectivity index (χ2v) is 10.2. The zero-order valence-electron chi connectivity index (χ0n) is 17.0. The predicted octanol–water partition coefficient (Wildman–Crippen LogP) is 2.81. The normalized spacial score (nSPS) is 19.0. The minimum absolute atomic E-state index is 0.165. The Kier molecular flexibility index (Phi) is 4.94. The number of fused-ring (bicyclic) bond motifs is 2. The van der Waals surface area contributed by atoms with Crippen molar-refractivity contribution in [2.45, 2.75) is 30.7 Å². The second-order valence-electron chi connectivity index (χ2n) is 7.61. The van der Waals surface area contributed by atoms with E-state index in [2.05, 4.69) is 20.0 Å². The Morgan fingerprint density at radius 2 is 1.97 bits per heavy atom. The molecule has 3 aromatic rings. The molecule has 0 unspecified atom stereocenters. The lowest BCUT2D eigenvalue weighted by molar-refractivity contribution is -0.119. The molecule has 1 atom stereocenters. The molecule has 164 valence electrons. The van der Waals surface area contributed by atoms with Gasteiger partial charge in [0.2, 0.25) is 11.8 Å². The van der Waals surface area contributed by atoms with Gasteiger partial charge in [0.25, 0.3) is 10.0 Å². The second kappa shape index (κ2) is 7.68. The number of hydrogen-bond acceptors (Lipinski definition) is 7. The quantitative estimate of drug-likeness (QED) is 0.609. The van der Waals surface area contributed by atoms with Crippen molar-refractivity contribution in [3.63, 3.8) is 0 Å². The maximum Gasteiger partial charge on any atom is 0.285 e. The monoisotopic (exact) mass is 469 g/mol. The van der Waals surface area contributed by atoms with Crippen molar-refractivity contribution in [1.82, 2.24) is 9.88 Å². The Balaban J connectivity index is 1.38. The third-order valence-corrected chi connectivity index (χ3v) is 7.64.